The number of nitrogens with one attached hydrogen (secondary N) is 1. The van der Waals surface area contributed by atoms with Gasteiger partial charge in [0.2, 0.25) is 0 Å². The molecule has 0 bridgehead atoms. The van der Waals surface area contributed by atoms with E-state index in [0.29, 0.717) is 5.56 Å². The van der Waals surface area contributed by atoms with E-state index in [0.717, 1.165) is 0 Å². The van der Waals surface area contributed by atoms with Crippen LogP contribution >= 0.6 is 0 Å². The highest BCUT2D eigenvalue weighted by Crippen LogP contribution is 2.32. The van der Waals surface area contributed by atoms with Crippen LogP contribution in [0.4, 0.5) is 5.69 Å². The molecule has 0 atom stereocenters. The molecule has 0 heterocycles. The van der Waals surface area contributed by atoms with Gasteiger partial charge in [-0.1, -0.05) is 54.6 Å². The second-order valence-electron chi connectivity index (χ2n) is 6.22. The van der Waals surface area contributed by atoms with Crippen molar-refractivity contribution in [3.05, 3.63) is 100 Å². The van der Waals surface area contributed by atoms with Crippen molar-refractivity contribution in [2.75, 3.05) is 5.32 Å². The average Bonchev–Trinajstić information content (AvgIpc) is 2.72. The summed E-state index contributed by atoms with van der Waals surface area (Å²) < 4.78 is 0. The molecule has 0 radical (unpaired) electrons. The summed E-state index contributed by atoms with van der Waals surface area (Å²) in [5.41, 5.74) is 0.624. The van der Waals surface area contributed by atoms with Crippen molar-refractivity contribution in [1.82, 2.24) is 0 Å². The molecule has 0 saturated heterocycles. The SMILES string of the molecule is O=C([O-])c1ccccc1C(=O)Nc1cccc2c1C(=O)c1ccccc1C2=O. The number of ketones is 2. The number of carbonyl (C=O) groups is 4. The molecular formula is C22H12NO5-. The van der Waals surface area contributed by atoms with Gasteiger partial charge in [0.25, 0.3) is 5.91 Å². The molecule has 0 fully saturated rings. The molecule has 6 nitrogen and oxygen atoms in total. The summed E-state index contributed by atoms with van der Waals surface area (Å²) in [6.45, 7) is 0. The molecule has 1 amide bonds. The second kappa shape index (κ2) is 6.59. The Morgan fingerprint density at radius 3 is 1.93 bits per heavy atom. The van der Waals surface area contributed by atoms with Crippen LogP contribution in [0.2, 0.25) is 0 Å². The number of carboxylic acids is 1. The van der Waals surface area contributed by atoms with Gasteiger partial charge in [-0.05, 0) is 12.1 Å². The summed E-state index contributed by atoms with van der Waals surface area (Å²) in [6.07, 6.45) is 0. The molecule has 1 aliphatic rings. The van der Waals surface area contributed by atoms with Crippen LogP contribution in [0.25, 0.3) is 0 Å². The van der Waals surface area contributed by atoms with Gasteiger partial charge in [0.15, 0.2) is 11.6 Å². The molecule has 4 rings (SSSR count). The third-order valence-electron chi connectivity index (χ3n) is 4.59. The van der Waals surface area contributed by atoms with Gasteiger partial charge in [-0.25, -0.2) is 0 Å². The van der Waals surface area contributed by atoms with Crippen molar-refractivity contribution in [3.63, 3.8) is 0 Å². The Balaban J connectivity index is 1.78. The van der Waals surface area contributed by atoms with Gasteiger partial charge >= 0.3 is 0 Å². The molecule has 0 saturated carbocycles. The summed E-state index contributed by atoms with van der Waals surface area (Å²) in [6, 6.07) is 16.7. The van der Waals surface area contributed by atoms with Crippen molar-refractivity contribution in [1.29, 1.82) is 0 Å². The first-order valence-electron chi connectivity index (χ1n) is 8.42. The molecule has 6 heteroatoms. The van der Waals surface area contributed by atoms with Gasteiger partial charge < -0.3 is 15.2 Å². The Morgan fingerprint density at radius 1 is 0.679 bits per heavy atom. The molecule has 28 heavy (non-hydrogen) atoms. The second-order valence-corrected chi connectivity index (χ2v) is 6.22. The molecule has 3 aromatic carbocycles. The quantitative estimate of drug-likeness (QED) is 0.595. The average molecular weight is 370 g/mol. The smallest absolute Gasteiger partial charge is 0.256 e. The van der Waals surface area contributed by atoms with E-state index in [1.807, 2.05) is 0 Å². The third-order valence-corrected chi connectivity index (χ3v) is 4.59. The Morgan fingerprint density at radius 2 is 1.25 bits per heavy atom. The van der Waals surface area contributed by atoms with Crippen molar-refractivity contribution in [2.45, 2.75) is 0 Å². The number of carbonyl (C=O) groups excluding carboxylic acids is 4. The Labute approximate surface area is 159 Å². The van der Waals surface area contributed by atoms with Crippen LogP contribution in [0.15, 0.2) is 66.7 Å². The number of benzene rings is 3. The van der Waals surface area contributed by atoms with E-state index in [2.05, 4.69) is 5.32 Å². The molecule has 0 aliphatic heterocycles. The number of hydrogen-bond acceptors (Lipinski definition) is 5. The Kier molecular flexibility index (Phi) is 4.08. The lowest BCUT2D eigenvalue weighted by Crippen LogP contribution is -2.27. The first-order valence-corrected chi connectivity index (χ1v) is 8.42. The summed E-state index contributed by atoms with van der Waals surface area (Å²) >= 11 is 0. The highest BCUT2D eigenvalue weighted by molar-refractivity contribution is 6.30. The number of aromatic carboxylic acids is 1. The van der Waals surface area contributed by atoms with E-state index < -0.39 is 11.9 Å². The molecular weight excluding hydrogens is 358 g/mol. The maximum atomic E-state index is 13.0. The number of hydrogen-bond donors (Lipinski definition) is 1. The Hall–Kier alpha value is -4.06. The highest BCUT2D eigenvalue weighted by atomic mass is 16.4. The fourth-order valence-electron chi connectivity index (χ4n) is 3.30. The van der Waals surface area contributed by atoms with Crippen molar-refractivity contribution >= 4 is 29.1 Å². The molecule has 1 N–H and O–H groups in total. The van der Waals surface area contributed by atoms with Crippen molar-refractivity contribution in [2.24, 2.45) is 0 Å². The molecule has 3 aromatic rings. The van der Waals surface area contributed by atoms with E-state index in [-0.39, 0.29) is 45.1 Å². The fraction of sp³-hybridized carbons (Fsp3) is 0. The predicted octanol–water partition coefficient (Wildman–Crippen LogP) is 2.08. The van der Waals surface area contributed by atoms with Crippen LogP contribution < -0.4 is 10.4 Å². The Bertz CT molecular complexity index is 1180. The van der Waals surface area contributed by atoms with E-state index in [1.54, 1.807) is 30.3 Å². The zero-order chi connectivity index (χ0) is 19.8. The minimum absolute atomic E-state index is 0.0884. The largest absolute Gasteiger partial charge is 0.545 e. The van der Waals surface area contributed by atoms with E-state index in [4.69, 9.17) is 0 Å². The normalized spacial score (nSPS) is 12.1. The maximum Gasteiger partial charge on any atom is 0.256 e. The highest BCUT2D eigenvalue weighted by Gasteiger charge is 2.31. The summed E-state index contributed by atoms with van der Waals surface area (Å²) in [7, 11) is 0. The van der Waals surface area contributed by atoms with Gasteiger partial charge in [-0.15, -0.1) is 0 Å². The fourth-order valence-corrected chi connectivity index (χ4v) is 3.30. The molecule has 0 unspecified atom stereocenters. The standard InChI is InChI=1S/C22H13NO5/c24-19-12-6-1-2-7-13(12)20(25)18-16(19)10-5-11-17(18)23-21(26)14-8-3-4-9-15(14)22(27)28/h1-11H,(H,23,26)(H,27,28)/p-1. The lowest BCUT2D eigenvalue weighted by molar-refractivity contribution is -0.255. The maximum absolute atomic E-state index is 13.0. The molecule has 0 aromatic heterocycles. The summed E-state index contributed by atoms with van der Waals surface area (Å²) in [5.74, 6) is -2.89. The van der Waals surface area contributed by atoms with Gasteiger partial charge in [-0.2, -0.15) is 0 Å². The van der Waals surface area contributed by atoms with Crippen LogP contribution in [0, 0.1) is 0 Å². The first-order chi connectivity index (χ1) is 13.5. The number of fused-ring (bicyclic) bond motifs is 2. The van der Waals surface area contributed by atoms with E-state index >= 15 is 0 Å². The number of anilines is 1. The van der Waals surface area contributed by atoms with Crippen molar-refractivity contribution < 1.29 is 24.3 Å². The molecule has 0 spiro atoms. The van der Waals surface area contributed by atoms with Gasteiger partial charge in [-0.3, -0.25) is 14.4 Å². The van der Waals surface area contributed by atoms with E-state index in [9.17, 15) is 24.3 Å². The molecule has 136 valence electrons. The number of amides is 1. The zero-order valence-electron chi connectivity index (χ0n) is 14.4. The van der Waals surface area contributed by atoms with Crippen LogP contribution in [0.1, 0.15) is 52.6 Å². The third kappa shape index (κ3) is 2.68. The van der Waals surface area contributed by atoms with Gasteiger partial charge in [0.05, 0.1) is 17.2 Å². The van der Waals surface area contributed by atoms with Gasteiger partial charge in [0.1, 0.15) is 0 Å². The van der Waals surface area contributed by atoms with Crippen LogP contribution in [-0.4, -0.2) is 23.4 Å². The summed E-state index contributed by atoms with van der Waals surface area (Å²) in [5, 5.41) is 13.8. The number of carboxylic acid groups (broad SMARTS) is 1. The lowest BCUT2D eigenvalue weighted by Gasteiger charge is -2.20. The minimum Gasteiger partial charge on any atom is -0.545 e. The van der Waals surface area contributed by atoms with Crippen LogP contribution in [0.3, 0.4) is 0 Å². The predicted molar refractivity (Wildman–Crippen MR) is 98.5 cm³/mol. The van der Waals surface area contributed by atoms with Crippen LogP contribution in [-0.2, 0) is 0 Å². The first kappa shape index (κ1) is 17.4. The van der Waals surface area contributed by atoms with Crippen LogP contribution in [0.5, 0.6) is 0 Å². The topological polar surface area (TPSA) is 103 Å². The monoisotopic (exact) mass is 370 g/mol. The minimum atomic E-state index is -1.49. The molecule has 1 aliphatic carbocycles. The zero-order valence-corrected chi connectivity index (χ0v) is 14.4. The number of rotatable bonds is 3. The lowest BCUT2D eigenvalue weighted by atomic mass is 9.83. The van der Waals surface area contributed by atoms with Crippen molar-refractivity contribution in [3.8, 4) is 0 Å². The van der Waals surface area contributed by atoms with E-state index in [1.165, 1.54) is 36.4 Å². The summed E-state index contributed by atoms with van der Waals surface area (Å²) in [4.78, 5) is 49.6. The van der Waals surface area contributed by atoms with Gasteiger partial charge in [0, 0.05) is 27.8 Å².